The summed E-state index contributed by atoms with van der Waals surface area (Å²) in [5.41, 5.74) is 2.86. The Morgan fingerprint density at radius 2 is 1.77 bits per heavy atom. The number of halogens is 1. The molecule has 2 aromatic carbocycles. The van der Waals surface area contributed by atoms with Gasteiger partial charge >= 0.3 is 5.97 Å². The summed E-state index contributed by atoms with van der Waals surface area (Å²) in [6, 6.07) is 15.0. The smallest absolute Gasteiger partial charge is 0.336 e. The standard InChI is InChI=1S/C20H16ClNO3S/c1-26-15-8-2-12(3-9-15)16-10-18(23)22(14-6-4-13(21)5-7-14)17-11-25-20(24)19(16)17/h2-9,16H,10-11H2,1H3/t16-/m0/s1. The summed E-state index contributed by atoms with van der Waals surface area (Å²) in [6.07, 6.45) is 2.24. The number of thioether (sulfide) groups is 1. The molecule has 2 aliphatic rings. The minimum Gasteiger partial charge on any atom is -0.456 e. The van der Waals surface area contributed by atoms with E-state index < -0.39 is 0 Å². The number of carbonyl (C=O) groups excluding carboxylic acids is 2. The van der Waals surface area contributed by atoms with Crippen molar-refractivity contribution < 1.29 is 14.3 Å². The van der Waals surface area contributed by atoms with Crippen LogP contribution < -0.4 is 4.90 Å². The second-order valence-electron chi connectivity index (χ2n) is 6.17. The molecular formula is C20H16ClNO3S. The highest BCUT2D eigenvalue weighted by atomic mass is 35.5. The lowest BCUT2D eigenvalue weighted by atomic mass is 9.84. The molecule has 0 radical (unpaired) electrons. The fraction of sp³-hybridized carbons (Fsp3) is 0.200. The van der Waals surface area contributed by atoms with Gasteiger partial charge in [0.2, 0.25) is 5.91 Å². The van der Waals surface area contributed by atoms with Crippen molar-refractivity contribution in [1.82, 2.24) is 0 Å². The number of carbonyl (C=O) groups is 2. The molecule has 4 nitrogen and oxygen atoms in total. The third-order valence-corrected chi connectivity index (χ3v) is 5.72. The summed E-state index contributed by atoms with van der Waals surface area (Å²) in [5, 5.41) is 0.595. The van der Waals surface area contributed by atoms with E-state index >= 15 is 0 Å². The van der Waals surface area contributed by atoms with E-state index in [2.05, 4.69) is 0 Å². The molecule has 6 heteroatoms. The maximum atomic E-state index is 12.9. The van der Waals surface area contributed by atoms with Crippen LogP contribution >= 0.6 is 23.4 Å². The summed E-state index contributed by atoms with van der Waals surface area (Å²) in [6.45, 7) is 0.113. The lowest BCUT2D eigenvalue weighted by Gasteiger charge is -2.32. The molecule has 0 fully saturated rings. The van der Waals surface area contributed by atoms with Crippen molar-refractivity contribution in [2.45, 2.75) is 17.2 Å². The highest BCUT2D eigenvalue weighted by Crippen LogP contribution is 2.42. The molecule has 1 amide bonds. The number of amides is 1. The van der Waals surface area contributed by atoms with E-state index in [1.807, 2.05) is 30.5 Å². The van der Waals surface area contributed by atoms with Gasteiger partial charge in [0.25, 0.3) is 0 Å². The molecule has 0 bridgehead atoms. The van der Waals surface area contributed by atoms with Gasteiger partial charge in [0.05, 0.1) is 11.3 Å². The molecule has 0 N–H and O–H groups in total. The van der Waals surface area contributed by atoms with Crippen LogP contribution in [0.2, 0.25) is 5.02 Å². The minimum absolute atomic E-state index is 0.0525. The topological polar surface area (TPSA) is 46.6 Å². The molecule has 0 unspecified atom stereocenters. The van der Waals surface area contributed by atoms with Gasteiger partial charge in [-0.05, 0) is 48.2 Å². The van der Waals surface area contributed by atoms with Crippen LogP contribution in [0.15, 0.2) is 64.7 Å². The number of ether oxygens (including phenoxy) is 1. The molecule has 0 saturated heterocycles. The quantitative estimate of drug-likeness (QED) is 0.580. The van der Waals surface area contributed by atoms with Crippen LogP contribution in [0.4, 0.5) is 5.69 Å². The van der Waals surface area contributed by atoms with E-state index in [-0.39, 0.29) is 30.8 Å². The first kappa shape index (κ1) is 17.2. The second kappa shape index (κ2) is 6.82. The van der Waals surface area contributed by atoms with Crippen LogP contribution in [0.25, 0.3) is 0 Å². The number of benzene rings is 2. The maximum absolute atomic E-state index is 12.9. The Bertz CT molecular complexity index is 906. The number of anilines is 1. The van der Waals surface area contributed by atoms with Gasteiger partial charge in [-0.3, -0.25) is 9.69 Å². The van der Waals surface area contributed by atoms with Gasteiger partial charge < -0.3 is 4.74 Å². The fourth-order valence-electron chi connectivity index (χ4n) is 3.46. The summed E-state index contributed by atoms with van der Waals surface area (Å²) < 4.78 is 5.28. The summed E-state index contributed by atoms with van der Waals surface area (Å²) in [5.74, 6) is -0.666. The molecule has 0 aliphatic carbocycles. The van der Waals surface area contributed by atoms with Crippen LogP contribution in [0.1, 0.15) is 17.9 Å². The molecule has 1 atom stereocenters. The Morgan fingerprint density at radius 1 is 1.08 bits per heavy atom. The normalized spacial score (nSPS) is 19.6. The molecule has 4 rings (SSSR count). The number of cyclic esters (lactones) is 1. The Balaban J connectivity index is 1.78. The Kier molecular flexibility index (Phi) is 4.51. The van der Waals surface area contributed by atoms with Crippen LogP contribution in [0.5, 0.6) is 0 Å². The largest absolute Gasteiger partial charge is 0.456 e. The van der Waals surface area contributed by atoms with Crippen molar-refractivity contribution in [2.24, 2.45) is 0 Å². The van der Waals surface area contributed by atoms with Crippen LogP contribution in [0, 0.1) is 0 Å². The lowest BCUT2D eigenvalue weighted by Crippen LogP contribution is -2.37. The van der Waals surface area contributed by atoms with E-state index in [1.54, 1.807) is 40.9 Å². The predicted octanol–water partition coefficient (Wildman–Crippen LogP) is 4.39. The zero-order chi connectivity index (χ0) is 18.3. The Labute approximate surface area is 160 Å². The van der Waals surface area contributed by atoms with Crippen molar-refractivity contribution in [1.29, 1.82) is 0 Å². The van der Waals surface area contributed by atoms with Gasteiger partial charge in [0, 0.05) is 27.9 Å². The number of hydrogen-bond acceptors (Lipinski definition) is 4. The van der Waals surface area contributed by atoms with Crippen molar-refractivity contribution in [3.05, 3.63) is 70.4 Å². The number of esters is 1. The highest BCUT2D eigenvalue weighted by molar-refractivity contribution is 7.98. The summed E-state index contributed by atoms with van der Waals surface area (Å²) in [7, 11) is 0. The zero-order valence-electron chi connectivity index (χ0n) is 14.1. The molecule has 2 aliphatic heterocycles. The van der Waals surface area contributed by atoms with Crippen molar-refractivity contribution in [3.63, 3.8) is 0 Å². The van der Waals surface area contributed by atoms with Gasteiger partial charge in [-0.1, -0.05) is 23.7 Å². The van der Waals surface area contributed by atoms with Crippen LogP contribution in [-0.2, 0) is 14.3 Å². The average Bonchev–Trinajstić information content (AvgIpc) is 3.04. The second-order valence-corrected chi connectivity index (χ2v) is 7.49. The molecule has 0 spiro atoms. The average molecular weight is 386 g/mol. The van der Waals surface area contributed by atoms with Gasteiger partial charge in [-0.15, -0.1) is 11.8 Å². The summed E-state index contributed by atoms with van der Waals surface area (Å²) >= 11 is 7.61. The van der Waals surface area contributed by atoms with E-state index in [4.69, 9.17) is 16.3 Å². The fourth-order valence-corrected chi connectivity index (χ4v) is 4.00. The van der Waals surface area contributed by atoms with E-state index in [1.165, 1.54) is 0 Å². The number of hydrogen-bond donors (Lipinski definition) is 0. The number of nitrogens with zero attached hydrogens (tertiary/aromatic N) is 1. The first-order valence-corrected chi connectivity index (χ1v) is 9.81. The summed E-state index contributed by atoms with van der Waals surface area (Å²) in [4.78, 5) is 28.1. The predicted molar refractivity (Wildman–Crippen MR) is 103 cm³/mol. The molecule has 132 valence electrons. The van der Waals surface area contributed by atoms with Gasteiger partial charge in [0.15, 0.2) is 0 Å². The first-order chi connectivity index (χ1) is 12.6. The molecule has 26 heavy (non-hydrogen) atoms. The van der Waals surface area contributed by atoms with Crippen molar-refractivity contribution in [3.8, 4) is 0 Å². The van der Waals surface area contributed by atoms with Gasteiger partial charge in [-0.25, -0.2) is 4.79 Å². The van der Waals surface area contributed by atoms with Crippen LogP contribution in [-0.4, -0.2) is 24.7 Å². The van der Waals surface area contributed by atoms with Crippen LogP contribution in [0.3, 0.4) is 0 Å². The number of rotatable bonds is 3. The SMILES string of the molecule is CSc1ccc([C@@H]2CC(=O)N(c3ccc(Cl)cc3)C3=C2C(=O)OC3)cc1. The highest BCUT2D eigenvalue weighted by Gasteiger charge is 2.42. The lowest BCUT2D eigenvalue weighted by molar-refractivity contribution is -0.136. The minimum atomic E-state index is -0.342. The molecule has 0 aromatic heterocycles. The molecule has 2 heterocycles. The van der Waals surface area contributed by atoms with Gasteiger partial charge in [0.1, 0.15) is 6.61 Å². The first-order valence-electron chi connectivity index (χ1n) is 8.21. The zero-order valence-corrected chi connectivity index (χ0v) is 15.6. The van der Waals surface area contributed by atoms with E-state index in [0.717, 1.165) is 10.5 Å². The molecule has 0 saturated carbocycles. The monoisotopic (exact) mass is 385 g/mol. The van der Waals surface area contributed by atoms with E-state index in [9.17, 15) is 9.59 Å². The Morgan fingerprint density at radius 3 is 2.42 bits per heavy atom. The third-order valence-electron chi connectivity index (χ3n) is 4.72. The van der Waals surface area contributed by atoms with Crippen molar-refractivity contribution in [2.75, 3.05) is 17.8 Å². The van der Waals surface area contributed by atoms with Crippen molar-refractivity contribution >= 4 is 40.9 Å². The molecule has 2 aromatic rings. The maximum Gasteiger partial charge on any atom is 0.336 e. The third kappa shape index (κ3) is 2.91. The molecular weight excluding hydrogens is 370 g/mol. The Hall–Kier alpha value is -2.24. The van der Waals surface area contributed by atoms with Gasteiger partial charge in [-0.2, -0.15) is 0 Å². The van der Waals surface area contributed by atoms with E-state index in [0.29, 0.717) is 22.0 Å².